The number of aryl methyl sites for hydroxylation is 1. The first-order chi connectivity index (χ1) is 12.9. The maximum atomic E-state index is 4.80. The summed E-state index contributed by atoms with van der Waals surface area (Å²) in [6.45, 7) is 0. The molecular formula is C23H21NS2. The highest BCUT2D eigenvalue weighted by molar-refractivity contribution is 8.14. The summed E-state index contributed by atoms with van der Waals surface area (Å²) < 4.78 is 0. The molecule has 0 N–H and O–H groups in total. The van der Waals surface area contributed by atoms with E-state index in [-0.39, 0.29) is 0 Å². The fraction of sp³-hybridized carbons (Fsp3) is 0.0870. The molecule has 0 aliphatic rings. The highest BCUT2D eigenvalue weighted by Crippen LogP contribution is 2.21. The molecule has 0 unspecified atom stereocenters. The molecule has 0 spiro atoms. The van der Waals surface area contributed by atoms with Crippen molar-refractivity contribution in [2.24, 2.45) is 4.99 Å². The quantitative estimate of drug-likeness (QED) is 0.250. The molecule has 0 saturated carbocycles. The number of hydrogen-bond donors (Lipinski definition) is 0. The van der Waals surface area contributed by atoms with Crippen LogP contribution in [0.1, 0.15) is 5.56 Å². The summed E-state index contributed by atoms with van der Waals surface area (Å²) in [5.74, 6) is 1.01. The van der Waals surface area contributed by atoms with Crippen molar-refractivity contribution >= 4 is 34.3 Å². The standard InChI is InChI=1S/C23H21NS2/c1-4-10-20(11-5-1)16-18-26-23(24-21-12-6-2-7-13-21)17-19-25-22-14-8-3-9-15-22/h1-15,17,19H,16,18H2. The second-order valence-electron chi connectivity index (χ2n) is 5.60. The lowest BCUT2D eigenvalue weighted by Crippen LogP contribution is -1.93. The van der Waals surface area contributed by atoms with Gasteiger partial charge in [-0.1, -0.05) is 78.5 Å². The van der Waals surface area contributed by atoms with Crippen molar-refractivity contribution in [2.75, 3.05) is 5.75 Å². The fourth-order valence-corrected chi connectivity index (χ4v) is 3.97. The topological polar surface area (TPSA) is 12.4 Å². The van der Waals surface area contributed by atoms with Crippen molar-refractivity contribution in [3.8, 4) is 0 Å². The van der Waals surface area contributed by atoms with Gasteiger partial charge in [0.05, 0.1) is 10.7 Å². The van der Waals surface area contributed by atoms with E-state index in [9.17, 15) is 0 Å². The van der Waals surface area contributed by atoms with Crippen LogP contribution in [-0.4, -0.2) is 10.8 Å². The van der Waals surface area contributed by atoms with Gasteiger partial charge in [0, 0.05) is 10.6 Å². The third-order valence-corrected chi connectivity index (χ3v) is 5.38. The maximum absolute atomic E-state index is 4.80. The Morgan fingerprint density at radius 2 is 1.38 bits per heavy atom. The van der Waals surface area contributed by atoms with Crippen LogP contribution in [0.25, 0.3) is 0 Å². The van der Waals surface area contributed by atoms with Crippen LogP contribution in [0.2, 0.25) is 0 Å². The van der Waals surface area contributed by atoms with Crippen LogP contribution in [-0.2, 0) is 6.42 Å². The Hall–Kier alpha value is -2.23. The predicted octanol–water partition coefficient (Wildman–Crippen LogP) is 7.00. The summed E-state index contributed by atoms with van der Waals surface area (Å²) in [6.07, 6.45) is 3.15. The van der Waals surface area contributed by atoms with Gasteiger partial charge >= 0.3 is 0 Å². The van der Waals surface area contributed by atoms with Crippen molar-refractivity contribution < 1.29 is 0 Å². The molecule has 0 bridgehead atoms. The smallest absolute Gasteiger partial charge is 0.0972 e. The van der Waals surface area contributed by atoms with Crippen LogP contribution in [0.15, 0.2) is 112 Å². The molecule has 130 valence electrons. The van der Waals surface area contributed by atoms with Gasteiger partial charge in [0.25, 0.3) is 0 Å². The first kappa shape index (κ1) is 18.6. The molecule has 0 aliphatic heterocycles. The largest absolute Gasteiger partial charge is 0.242 e. The highest BCUT2D eigenvalue weighted by Gasteiger charge is 1.99. The van der Waals surface area contributed by atoms with Gasteiger partial charge in [-0.15, -0.1) is 11.8 Å². The zero-order valence-corrected chi connectivity index (χ0v) is 16.1. The average molecular weight is 376 g/mol. The van der Waals surface area contributed by atoms with Crippen LogP contribution in [0.5, 0.6) is 0 Å². The van der Waals surface area contributed by atoms with E-state index >= 15 is 0 Å². The summed E-state index contributed by atoms with van der Waals surface area (Å²) in [5, 5.41) is 3.16. The van der Waals surface area contributed by atoms with Crippen molar-refractivity contribution in [3.63, 3.8) is 0 Å². The van der Waals surface area contributed by atoms with Gasteiger partial charge in [0.15, 0.2) is 0 Å². The van der Waals surface area contributed by atoms with Crippen LogP contribution in [0.3, 0.4) is 0 Å². The normalized spacial score (nSPS) is 11.8. The molecule has 3 rings (SSSR count). The van der Waals surface area contributed by atoms with E-state index < -0.39 is 0 Å². The second-order valence-corrected chi connectivity index (χ2v) is 7.70. The molecule has 0 heterocycles. The van der Waals surface area contributed by atoms with E-state index in [1.165, 1.54) is 10.5 Å². The molecule has 1 nitrogen and oxygen atoms in total. The number of rotatable bonds is 7. The van der Waals surface area contributed by atoms with Crippen molar-refractivity contribution in [3.05, 3.63) is 108 Å². The summed E-state index contributed by atoms with van der Waals surface area (Å²) in [5.41, 5.74) is 2.35. The number of benzene rings is 3. The van der Waals surface area contributed by atoms with Gasteiger partial charge < -0.3 is 0 Å². The molecule has 26 heavy (non-hydrogen) atoms. The second kappa shape index (κ2) is 10.7. The lowest BCUT2D eigenvalue weighted by atomic mass is 10.2. The van der Waals surface area contributed by atoms with E-state index in [1.807, 2.05) is 36.4 Å². The molecule has 0 amide bonds. The number of nitrogens with zero attached hydrogens (tertiary/aromatic N) is 1. The van der Waals surface area contributed by atoms with Crippen molar-refractivity contribution in [1.82, 2.24) is 0 Å². The Labute approximate surface area is 164 Å². The fourth-order valence-electron chi connectivity index (χ4n) is 2.34. The number of hydrogen-bond acceptors (Lipinski definition) is 3. The third-order valence-electron chi connectivity index (χ3n) is 3.64. The highest BCUT2D eigenvalue weighted by atomic mass is 32.2. The minimum atomic E-state index is 0.990. The molecular weight excluding hydrogens is 354 g/mol. The summed E-state index contributed by atoms with van der Waals surface area (Å²) >= 11 is 3.51. The van der Waals surface area contributed by atoms with E-state index in [1.54, 1.807) is 23.5 Å². The Balaban J connectivity index is 1.64. The third kappa shape index (κ3) is 6.58. The molecule has 0 aliphatic carbocycles. The lowest BCUT2D eigenvalue weighted by molar-refractivity contribution is 1.16. The van der Waals surface area contributed by atoms with Gasteiger partial charge in [-0.05, 0) is 47.7 Å². The number of aliphatic imine (C=N–C) groups is 1. The summed E-state index contributed by atoms with van der Waals surface area (Å²) in [7, 11) is 0. The summed E-state index contributed by atoms with van der Waals surface area (Å²) in [6, 6.07) is 31.1. The molecule has 0 fully saturated rings. The molecule has 3 aromatic carbocycles. The van der Waals surface area contributed by atoms with Gasteiger partial charge in [0.2, 0.25) is 0 Å². The molecule has 0 atom stereocenters. The first-order valence-corrected chi connectivity index (χ1v) is 10.5. The van der Waals surface area contributed by atoms with Gasteiger partial charge in [0.1, 0.15) is 0 Å². The van der Waals surface area contributed by atoms with Crippen LogP contribution < -0.4 is 0 Å². The Kier molecular flexibility index (Phi) is 7.63. The van der Waals surface area contributed by atoms with Gasteiger partial charge in [-0.3, -0.25) is 0 Å². The maximum Gasteiger partial charge on any atom is 0.0972 e. The van der Waals surface area contributed by atoms with Gasteiger partial charge in [-0.25, -0.2) is 4.99 Å². The zero-order chi connectivity index (χ0) is 17.9. The molecule has 3 heteroatoms. The SMILES string of the molecule is C(=CC(=Nc1ccccc1)SCCc1ccccc1)Sc1ccccc1. The van der Waals surface area contributed by atoms with E-state index in [2.05, 4.69) is 66.1 Å². The van der Waals surface area contributed by atoms with Crippen LogP contribution in [0, 0.1) is 0 Å². The number of para-hydroxylation sites is 1. The van der Waals surface area contributed by atoms with E-state index in [0.717, 1.165) is 22.9 Å². The lowest BCUT2D eigenvalue weighted by Gasteiger charge is -2.03. The molecule has 0 radical (unpaired) electrons. The molecule has 3 aromatic rings. The van der Waals surface area contributed by atoms with Crippen molar-refractivity contribution in [1.29, 1.82) is 0 Å². The zero-order valence-electron chi connectivity index (χ0n) is 14.5. The Bertz CT molecular complexity index is 828. The monoisotopic (exact) mass is 375 g/mol. The van der Waals surface area contributed by atoms with Crippen molar-refractivity contribution in [2.45, 2.75) is 11.3 Å². The minimum Gasteiger partial charge on any atom is -0.242 e. The van der Waals surface area contributed by atoms with Crippen LogP contribution >= 0.6 is 23.5 Å². The molecule has 0 saturated heterocycles. The average Bonchev–Trinajstić information content (AvgIpc) is 2.70. The first-order valence-electron chi connectivity index (χ1n) is 8.59. The van der Waals surface area contributed by atoms with E-state index in [0.29, 0.717) is 0 Å². The molecule has 0 aromatic heterocycles. The van der Waals surface area contributed by atoms with Gasteiger partial charge in [-0.2, -0.15) is 0 Å². The Morgan fingerprint density at radius 3 is 2.08 bits per heavy atom. The number of thioether (sulfide) groups is 2. The van der Waals surface area contributed by atoms with Crippen LogP contribution in [0.4, 0.5) is 5.69 Å². The summed E-state index contributed by atoms with van der Waals surface area (Å²) in [4.78, 5) is 6.03. The minimum absolute atomic E-state index is 0.990. The van der Waals surface area contributed by atoms with E-state index in [4.69, 9.17) is 4.99 Å². The Morgan fingerprint density at radius 1 is 0.769 bits per heavy atom. The predicted molar refractivity (Wildman–Crippen MR) is 118 cm³/mol.